The van der Waals surface area contributed by atoms with Crippen LogP contribution in [-0.4, -0.2) is 21.7 Å². The summed E-state index contributed by atoms with van der Waals surface area (Å²) in [6, 6.07) is 17.7. The van der Waals surface area contributed by atoms with E-state index < -0.39 is 0 Å². The molecule has 3 nitrogen and oxygen atoms in total. The fourth-order valence-corrected chi connectivity index (χ4v) is 4.26. The van der Waals surface area contributed by atoms with Crippen LogP contribution in [0.2, 0.25) is 0 Å². The molecule has 1 heterocycles. The van der Waals surface area contributed by atoms with Gasteiger partial charge in [-0.25, -0.2) is 0 Å². The van der Waals surface area contributed by atoms with E-state index in [1.807, 2.05) is 67.6 Å². The second kappa shape index (κ2) is 9.20. The van der Waals surface area contributed by atoms with E-state index in [9.17, 15) is 4.79 Å². The van der Waals surface area contributed by atoms with Gasteiger partial charge in [-0.2, -0.15) is 0 Å². The van der Waals surface area contributed by atoms with E-state index in [1.54, 1.807) is 4.90 Å². The Kier molecular flexibility index (Phi) is 6.69. The molecule has 1 aliphatic rings. The zero-order valence-electron chi connectivity index (χ0n) is 15.6. The first kappa shape index (κ1) is 19.6. The van der Waals surface area contributed by atoms with E-state index >= 15 is 0 Å². The van der Waals surface area contributed by atoms with Crippen molar-refractivity contribution in [2.45, 2.75) is 32.7 Å². The molecule has 1 aliphatic heterocycles. The summed E-state index contributed by atoms with van der Waals surface area (Å²) >= 11 is 6.83. The van der Waals surface area contributed by atoms with Gasteiger partial charge in [0.15, 0.2) is 0 Å². The molecular weight excluding hydrogens is 374 g/mol. The number of nitrogens with zero attached hydrogens (tertiary/aromatic N) is 1. The van der Waals surface area contributed by atoms with Crippen LogP contribution in [0.3, 0.4) is 0 Å². The summed E-state index contributed by atoms with van der Waals surface area (Å²) < 4.78 is 6.28. The molecule has 3 rings (SSSR count). The predicted molar refractivity (Wildman–Crippen MR) is 117 cm³/mol. The smallest absolute Gasteiger partial charge is 0.266 e. The maximum Gasteiger partial charge on any atom is 0.266 e. The number of thiocarbonyl (C=S) groups is 1. The first-order valence-electron chi connectivity index (χ1n) is 9.15. The topological polar surface area (TPSA) is 29.5 Å². The van der Waals surface area contributed by atoms with Gasteiger partial charge in [0.05, 0.1) is 17.6 Å². The Labute approximate surface area is 170 Å². The minimum Gasteiger partial charge on any atom is -0.494 e. The zero-order valence-corrected chi connectivity index (χ0v) is 17.2. The maximum atomic E-state index is 12.9. The molecule has 1 saturated heterocycles. The SMILES string of the molecule is CCCCOc1ccc(/C=C2\SC(=S)N(C(C)c3ccccc3)C2=O)cc1. The van der Waals surface area contributed by atoms with E-state index in [0.29, 0.717) is 9.23 Å². The highest BCUT2D eigenvalue weighted by Gasteiger charge is 2.35. The molecule has 1 atom stereocenters. The highest BCUT2D eigenvalue weighted by molar-refractivity contribution is 8.26. The molecule has 27 heavy (non-hydrogen) atoms. The fourth-order valence-electron chi connectivity index (χ4n) is 2.84. The minimum atomic E-state index is -0.0843. The summed E-state index contributed by atoms with van der Waals surface area (Å²) in [5, 5.41) is 0. The van der Waals surface area contributed by atoms with E-state index in [2.05, 4.69) is 6.92 Å². The number of hydrogen-bond acceptors (Lipinski definition) is 4. The van der Waals surface area contributed by atoms with Gasteiger partial charge in [-0.1, -0.05) is 79.8 Å². The molecule has 2 aromatic rings. The van der Waals surface area contributed by atoms with Crippen LogP contribution in [0.4, 0.5) is 0 Å². The molecule has 0 spiro atoms. The Hall–Kier alpha value is -2.11. The van der Waals surface area contributed by atoms with Crippen molar-refractivity contribution in [3.8, 4) is 5.75 Å². The van der Waals surface area contributed by atoms with E-state index in [4.69, 9.17) is 17.0 Å². The maximum absolute atomic E-state index is 12.9. The molecular formula is C22H23NO2S2. The molecule has 1 unspecified atom stereocenters. The Bertz CT molecular complexity index is 831. The number of unbranched alkanes of at least 4 members (excludes halogenated alkanes) is 1. The molecule has 1 amide bonds. The zero-order chi connectivity index (χ0) is 19.2. The molecule has 0 aliphatic carbocycles. The number of carbonyl (C=O) groups excluding carboxylic acids is 1. The molecule has 1 fully saturated rings. The molecule has 0 bridgehead atoms. The quantitative estimate of drug-likeness (QED) is 0.334. The molecule has 2 aromatic carbocycles. The van der Waals surface area contributed by atoms with Crippen LogP contribution < -0.4 is 4.74 Å². The van der Waals surface area contributed by atoms with Gasteiger partial charge in [0.1, 0.15) is 10.1 Å². The van der Waals surface area contributed by atoms with Gasteiger partial charge in [-0.15, -0.1) is 0 Å². The number of amides is 1. The van der Waals surface area contributed by atoms with Crippen molar-refractivity contribution < 1.29 is 9.53 Å². The number of thioether (sulfide) groups is 1. The minimum absolute atomic E-state index is 0.0374. The summed E-state index contributed by atoms with van der Waals surface area (Å²) in [5.74, 6) is 0.815. The summed E-state index contributed by atoms with van der Waals surface area (Å²) in [5.41, 5.74) is 2.04. The number of rotatable bonds is 7. The second-order valence-corrected chi connectivity index (χ2v) is 8.09. The van der Waals surface area contributed by atoms with Gasteiger partial charge >= 0.3 is 0 Å². The largest absolute Gasteiger partial charge is 0.494 e. The fraction of sp³-hybridized carbons (Fsp3) is 0.273. The summed E-state index contributed by atoms with van der Waals surface area (Å²) in [4.78, 5) is 15.3. The van der Waals surface area contributed by atoms with Crippen LogP contribution in [0.15, 0.2) is 59.5 Å². The van der Waals surface area contributed by atoms with Crippen molar-refractivity contribution in [2.75, 3.05) is 6.61 Å². The number of ether oxygens (including phenoxy) is 1. The Morgan fingerprint density at radius 2 is 1.85 bits per heavy atom. The van der Waals surface area contributed by atoms with Crippen LogP contribution >= 0.6 is 24.0 Å². The summed E-state index contributed by atoms with van der Waals surface area (Å²) in [6.45, 7) is 4.87. The molecule has 0 radical (unpaired) electrons. The van der Waals surface area contributed by atoms with Gasteiger partial charge < -0.3 is 4.74 Å². The second-order valence-electron chi connectivity index (χ2n) is 6.41. The van der Waals surface area contributed by atoms with Gasteiger partial charge in [-0.3, -0.25) is 9.69 Å². The van der Waals surface area contributed by atoms with Gasteiger partial charge in [0.2, 0.25) is 0 Å². The van der Waals surface area contributed by atoms with E-state index in [0.717, 1.165) is 36.3 Å². The van der Waals surface area contributed by atoms with Crippen LogP contribution in [-0.2, 0) is 4.79 Å². The van der Waals surface area contributed by atoms with Crippen molar-refractivity contribution in [1.82, 2.24) is 4.90 Å². The van der Waals surface area contributed by atoms with E-state index in [-0.39, 0.29) is 11.9 Å². The number of benzene rings is 2. The Morgan fingerprint density at radius 3 is 2.52 bits per heavy atom. The molecule has 0 N–H and O–H groups in total. The lowest BCUT2D eigenvalue weighted by molar-refractivity contribution is -0.123. The van der Waals surface area contributed by atoms with Crippen LogP contribution in [0.1, 0.15) is 43.9 Å². The number of carbonyl (C=O) groups is 1. The van der Waals surface area contributed by atoms with Crippen LogP contribution in [0, 0.1) is 0 Å². The molecule has 140 valence electrons. The lowest BCUT2D eigenvalue weighted by Gasteiger charge is -2.23. The highest BCUT2D eigenvalue weighted by Crippen LogP contribution is 2.38. The Morgan fingerprint density at radius 1 is 1.15 bits per heavy atom. The first-order valence-corrected chi connectivity index (χ1v) is 10.4. The van der Waals surface area contributed by atoms with E-state index in [1.165, 1.54) is 11.8 Å². The third-order valence-corrected chi connectivity index (χ3v) is 5.77. The van der Waals surface area contributed by atoms with Crippen LogP contribution in [0.5, 0.6) is 5.75 Å². The summed E-state index contributed by atoms with van der Waals surface area (Å²) in [7, 11) is 0. The van der Waals surface area contributed by atoms with Crippen molar-refractivity contribution in [2.24, 2.45) is 0 Å². The molecule has 0 saturated carbocycles. The van der Waals surface area contributed by atoms with Gasteiger partial charge in [0, 0.05) is 0 Å². The van der Waals surface area contributed by atoms with Gasteiger partial charge in [0.25, 0.3) is 5.91 Å². The highest BCUT2D eigenvalue weighted by atomic mass is 32.2. The van der Waals surface area contributed by atoms with Crippen molar-refractivity contribution in [3.05, 3.63) is 70.6 Å². The normalized spacial score (nSPS) is 16.8. The average Bonchev–Trinajstić information content (AvgIpc) is 2.97. The van der Waals surface area contributed by atoms with Crippen LogP contribution in [0.25, 0.3) is 6.08 Å². The first-order chi connectivity index (χ1) is 13.1. The third-order valence-electron chi connectivity index (χ3n) is 4.44. The lowest BCUT2D eigenvalue weighted by atomic mass is 10.1. The van der Waals surface area contributed by atoms with Crippen molar-refractivity contribution in [1.29, 1.82) is 0 Å². The lowest BCUT2D eigenvalue weighted by Crippen LogP contribution is -2.30. The standard InChI is InChI=1S/C22H23NO2S2/c1-3-4-14-25-19-12-10-17(11-13-19)15-20-21(24)23(22(26)27-20)16(2)18-8-6-5-7-9-18/h5-13,15-16H,3-4,14H2,1-2H3/b20-15-. The monoisotopic (exact) mass is 397 g/mol. The summed E-state index contributed by atoms with van der Waals surface area (Å²) in [6.07, 6.45) is 4.05. The molecule has 0 aromatic heterocycles. The van der Waals surface area contributed by atoms with Gasteiger partial charge in [-0.05, 0) is 42.7 Å². The predicted octanol–water partition coefficient (Wildman–Crippen LogP) is 5.83. The third kappa shape index (κ3) is 4.79. The molecule has 5 heteroatoms. The Balaban J connectivity index is 1.72. The van der Waals surface area contributed by atoms with Crippen molar-refractivity contribution >= 4 is 40.3 Å². The average molecular weight is 398 g/mol. The van der Waals surface area contributed by atoms with Crippen molar-refractivity contribution in [3.63, 3.8) is 0 Å². The number of hydrogen-bond donors (Lipinski definition) is 0.